The van der Waals surface area contributed by atoms with Crippen LogP contribution in [0.5, 0.6) is 0 Å². The van der Waals surface area contributed by atoms with E-state index in [0.29, 0.717) is 26.2 Å². The zero-order valence-electron chi connectivity index (χ0n) is 14.5. The number of piperidine rings is 1. The zero-order chi connectivity index (χ0) is 18.0. The van der Waals surface area contributed by atoms with Crippen molar-refractivity contribution in [2.75, 3.05) is 46.3 Å². The van der Waals surface area contributed by atoms with Crippen LogP contribution < -0.4 is 0 Å². The molecule has 2 fully saturated rings. The number of nitrogens with zero attached hydrogens (tertiary/aromatic N) is 3. The van der Waals surface area contributed by atoms with Gasteiger partial charge < -0.3 is 10.0 Å². The van der Waals surface area contributed by atoms with Crippen molar-refractivity contribution >= 4 is 16.2 Å². The maximum atomic E-state index is 12.9. The quantitative estimate of drug-likeness (QED) is 0.861. The van der Waals surface area contributed by atoms with Crippen molar-refractivity contribution in [2.45, 2.75) is 18.8 Å². The van der Waals surface area contributed by atoms with Crippen LogP contribution in [0.25, 0.3) is 0 Å². The largest absolute Gasteiger partial charge is 0.478 e. The van der Waals surface area contributed by atoms with E-state index in [1.807, 2.05) is 7.05 Å². The van der Waals surface area contributed by atoms with Gasteiger partial charge in [-0.05, 0) is 43.5 Å². The highest BCUT2D eigenvalue weighted by Gasteiger charge is 2.35. The van der Waals surface area contributed by atoms with Gasteiger partial charge in [-0.3, -0.25) is 0 Å². The molecule has 25 heavy (non-hydrogen) atoms. The minimum absolute atomic E-state index is 0.110. The molecule has 0 aromatic heterocycles. The van der Waals surface area contributed by atoms with E-state index < -0.39 is 16.2 Å². The first-order valence-electron chi connectivity index (χ1n) is 8.65. The summed E-state index contributed by atoms with van der Waals surface area (Å²) in [5, 5.41) is 9.00. The number of aromatic carboxylic acids is 1. The Bertz CT molecular complexity index is 712. The van der Waals surface area contributed by atoms with E-state index in [4.69, 9.17) is 5.11 Å². The van der Waals surface area contributed by atoms with Crippen molar-refractivity contribution in [1.29, 1.82) is 0 Å². The number of carboxylic acids is 1. The molecule has 0 saturated carbocycles. The van der Waals surface area contributed by atoms with Crippen LogP contribution in [0.15, 0.2) is 24.3 Å². The molecule has 2 aliphatic heterocycles. The normalized spacial score (nSPS) is 24.3. The molecule has 1 atom stereocenters. The molecular formula is C17H25N3O4S. The lowest BCUT2D eigenvalue weighted by Crippen LogP contribution is -2.53. The topological polar surface area (TPSA) is 81.2 Å². The fourth-order valence-corrected chi connectivity index (χ4v) is 5.18. The van der Waals surface area contributed by atoms with E-state index in [1.54, 1.807) is 32.9 Å². The molecule has 138 valence electrons. The third kappa shape index (κ3) is 4.03. The molecule has 2 aliphatic rings. The van der Waals surface area contributed by atoms with E-state index in [2.05, 4.69) is 4.90 Å². The number of carboxylic acid groups (broad SMARTS) is 1. The smallest absolute Gasteiger partial charge is 0.335 e. The molecule has 0 radical (unpaired) electrons. The Kier molecular flexibility index (Phi) is 5.43. The van der Waals surface area contributed by atoms with E-state index in [9.17, 15) is 13.2 Å². The first kappa shape index (κ1) is 18.3. The lowest BCUT2D eigenvalue weighted by molar-refractivity contribution is 0.0697. The molecular weight excluding hydrogens is 342 g/mol. The molecule has 1 aromatic rings. The van der Waals surface area contributed by atoms with E-state index >= 15 is 0 Å². The summed E-state index contributed by atoms with van der Waals surface area (Å²) in [6.07, 6.45) is 1.74. The Hall–Kier alpha value is -1.48. The zero-order valence-corrected chi connectivity index (χ0v) is 15.3. The highest BCUT2D eigenvalue weighted by molar-refractivity contribution is 7.86. The Morgan fingerprint density at radius 1 is 1.04 bits per heavy atom. The van der Waals surface area contributed by atoms with Gasteiger partial charge in [0.1, 0.15) is 0 Å². The van der Waals surface area contributed by atoms with Crippen LogP contribution >= 0.6 is 0 Å². The number of carbonyl (C=O) groups is 1. The standard InChI is InChI=1S/C17H25N3O4S/c1-18-9-11-19(12-10-18)25(23,24)20-8-2-3-16(13-20)14-4-6-15(7-5-14)17(21)22/h4-7,16H,2-3,8-13H2,1H3,(H,21,22)/t16-/m0/s1. The number of hydrogen-bond acceptors (Lipinski definition) is 4. The van der Waals surface area contributed by atoms with Crippen molar-refractivity contribution in [1.82, 2.24) is 13.5 Å². The molecule has 2 heterocycles. The van der Waals surface area contributed by atoms with Crippen LogP contribution in [0.3, 0.4) is 0 Å². The van der Waals surface area contributed by atoms with Gasteiger partial charge >= 0.3 is 5.97 Å². The number of rotatable bonds is 4. The average Bonchev–Trinajstić information content (AvgIpc) is 2.62. The molecule has 0 aliphatic carbocycles. The molecule has 0 unspecified atom stereocenters. The van der Waals surface area contributed by atoms with Gasteiger partial charge in [0.25, 0.3) is 10.2 Å². The first-order chi connectivity index (χ1) is 11.9. The maximum absolute atomic E-state index is 12.9. The number of piperazine rings is 1. The minimum atomic E-state index is -3.43. The summed E-state index contributed by atoms with van der Waals surface area (Å²) in [5.41, 5.74) is 1.25. The highest BCUT2D eigenvalue weighted by atomic mass is 32.2. The predicted octanol–water partition coefficient (Wildman–Crippen LogP) is 1.06. The van der Waals surface area contributed by atoms with Gasteiger partial charge in [0.05, 0.1) is 5.56 Å². The molecule has 2 saturated heterocycles. The van der Waals surface area contributed by atoms with Crippen molar-refractivity contribution in [3.8, 4) is 0 Å². The first-order valence-corrected chi connectivity index (χ1v) is 10.0. The molecule has 0 amide bonds. The van der Waals surface area contributed by atoms with Gasteiger partial charge in [0.2, 0.25) is 0 Å². The average molecular weight is 367 g/mol. The Morgan fingerprint density at radius 2 is 1.68 bits per heavy atom. The van der Waals surface area contributed by atoms with Gasteiger partial charge in [-0.15, -0.1) is 0 Å². The van der Waals surface area contributed by atoms with Gasteiger partial charge in [-0.1, -0.05) is 12.1 Å². The van der Waals surface area contributed by atoms with Gasteiger partial charge in [-0.25, -0.2) is 4.79 Å². The Balaban J connectivity index is 1.71. The van der Waals surface area contributed by atoms with Crippen LogP contribution in [-0.4, -0.2) is 79.3 Å². The van der Waals surface area contributed by atoms with Crippen molar-refractivity contribution in [3.05, 3.63) is 35.4 Å². The number of hydrogen-bond donors (Lipinski definition) is 1. The van der Waals surface area contributed by atoms with Crippen LogP contribution in [0.2, 0.25) is 0 Å². The summed E-state index contributed by atoms with van der Waals surface area (Å²) in [6.45, 7) is 3.60. The Labute approximate surface area is 149 Å². The lowest BCUT2D eigenvalue weighted by atomic mass is 9.91. The summed E-state index contributed by atoms with van der Waals surface area (Å²) in [6, 6.07) is 6.79. The van der Waals surface area contributed by atoms with E-state index in [-0.39, 0.29) is 11.5 Å². The van der Waals surface area contributed by atoms with E-state index in [1.165, 1.54) is 0 Å². The third-order valence-electron chi connectivity index (χ3n) is 5.13. The third-order valence-corrected chi connectivity index (χ3v) is 7.13. The second-order valence-electron chi connectivity index (χ2n) is 6.83. The molecule has 8 heteroatoms. The van der Waals surface area contributed by atoms with Crippen LogP contribution in [0, 0.1) is 0 Å². The monoisotopic (exact) mass is 367 g/mol. The Morgan fingerprint density at radius 3 is 2.28 bits per heavy atom. The molecule has 7 nitrogen and oxygen atoms in total. The van der Waals surface area contributed by atoms with Crippen LogP contribution in [0.1, 0.15) is 34.7 Å². The maximum Gasteiger partial charge on any atom is 0.335 e. The SMILES string of the molecule is CN1CCN(S(=O)(=O)N2CCC[C@H](c3ccc(C(=O)O)cc3)C2)CC1. The van der Waals surface area contributed by atoms with Crippen molar-refractivity contribution in [2.24, 2.45) is 0 Å². The van der Waals surface area contributed by atoms with Crippen molar-refractivity contribution < 1.29 is 18.3 Å². The summed E-state index contributed by atoms with van der Waals surface area (Å²) in [4.78, 5) is 13.1. The molecule has 1 N–H and O–H groups in total. The summed E-state index contributed by atoms with van der Waals surface area (Å²) >= 11 is 0. The fraction of sp³-hybridized carbons (Fsp3) is 0.588. The number of benzene rings is 1. The van der Waals surface area contributed by atoms with Crippen LogP contribution in [-0.2, 0) is 10.2 Å². The second kappa shape index (κ2) is 7.41. The molecule has 3 rings (SSSR count). The molecule has 1 aromatic carbocycles. The summed E-state index contributed by atoms with van der Waals surface area (Å²) < 4.78 is 29.0. The van der Waals surface area contributed by atoms with Gasteiger partial charge in [-0.2, -0.15) is 17.0 Å². The highest BCUT2D eigenvalue weighted by Crippen LogP contribution is 2.29. The fourth-order valence-electron chi connectivity index (χ4n) is 3.50. The summed E-state index contributed by atoms with van der Waals surface area (Å²) in [5.74, 6) is -0.840. The van der Waals surface area contributed by atoms with Crippen molar-refractivity contribution in [3.63, 3.8) is 0 Å². The van der Waals surface area contributed by atoms with Crippen LogP contribution in [0.4, 0.5) is 0 Å². The predicted molar refractivity (Wildman–Crippen MR) is 94.9 cm³/mol. The lowest BCUT2D eigenvalue weighted by Gasteiger charge is -2.38. The second-order valence-corrected chi connectivity index (χ2v) is 8.76. The molecule has 0 bridgehead atoms. The van der Waals surface area contributed by atoms with Gasteiger partial charge in [0, 0.05) is 39.3 Å². The summed E-state index contributed by atoms with van der Waals surface area (Å²) in [7, 11) is -1.42. The minimum Gasteiger partial charge on any atom is -0.478 e. The number of likely N-dealkylation sites (N-methyl/N-ethyl adjacent to an activating group) is 1. The molecule has 0 spiro atoms. The van der Waals surface area contributed by atoms with Gasteiger partial charge in [0.15, 0.2) is 0 Å². The van der Waals surface area contributed by atoms with E-state index in [0.717, 1.165) is 31.5 Å².